The lowest BCUT2D eigenvalue weighted by atomic mass is 10.0. The van der Waals surface area contributed by atoms with Gasteiger partial charge < -0.3 is 10.3 Å². The molecule has 0 atom stereocenters. The fourth-order valence-electron chi connectivity index (χ4n) is 1.85. The van der Waals surface area contributed by atoms with E-state index in [2.05, 4.69) is 15.1 Å². The van der Waals surface area contributed by atoms with E-state index in [1.807, 2.05) is 0 Å². The summed E-state index contributed by atoms with van der Waals surface area (Å²) in [4.78, 5) is 7.91. The highest BCUT2D eigenvalue weighted by molar-refractivity contribution is 6.42. The lowest BCUT2D eigenvalue weighted by Crippen LogP contribution is -1.89. The Morgan fingerprint density at radius 3 is 2.45 bits per heavy atom. The van der Waals surface area contributed by atoms with Crippen molar-refractivity contribution in [3.8, 4) is 22.4 Å². The van der Waals surface area contributed by atoms with Crippen LogP contribution in [0.5, 0.6) is 0 Å². The quantitative estimate of drug-likeness (QED) is 0.781. The summed E-state index contributed by atoms with van der Waals surface area (Å²) in [5.74, 6) is 0.197. The third kappa shape index (κ3) is 2.21. The molecule has 3 aromatic rings. The first-order chi connectivity index (χ1) is 9.66. The number of rotatable bonds is 2. The van der Waals surface area contributed by atoms with Crippen molar-refractivity contribution in [3.63, 3.8) is 0 Å². The van der Waals surface area contributed by atoms with Crippen molar-refractivity contribution in [2.45, 2.75) is 0 Å². The molecule has 20 heavy (non-hydrogen) atoms. The van der Waals surface area contributed by atoms with Crippen molar-refractivity contribution >= 4 is 29.1 Å². The summed E-state index contributed by atoms with van der Waals surface area (Å²) in [5, 5.41) is 4.86. The van der Waals surface area contributed by atoms with Gasteiger partial charge in [0.05, 0.1) is 15.6 Å². The van der Waals surface area contributed by atoms with Gasteiger partial charge in [0.1, 0.15) is 12.0 Å². The van der Waals surface area contributed by atoms with Gasteiger partial charge in [0.15, 0.2) is 0 Å². The van der Waals surface area contributed by atoms with Crippen LogP contribution in [0.15, 0.2) is 41.4 Å². The second-order valence-corrected chi connectivity index (χ2v) is 4.84. The Bertz CT molecular complexity index is 758. The predicted molar refractivity (Wildman–Crippen MR) is 77.4 cm³/mol. The minimum absolute atomic E-state index is 0.197. The highest BCUT2D eigenvalue weighted by Crippen LogP contribution is 2.37. The van der Waals surface area contributed by atoms with E-state index in [1.165, 1.54) is 6.33 Å². The van der Waals surface area contributed by atoms with Crippen LogP contribution in [0.2, 0.25) is 10.0 Å². The molecule has 0 bridgehead atoms. The van der Waals surface area contributed by atoms with Crippen molar-refractivity contribution in [2.75, 3.05) is 5.73 Å². The van der Waals surface area contributed by atoms with Crippen molar-refractivity contribution in [1.29, 1.82) is 0 Å². The number of aromatic nitrogens is 3. The summed E-state index contributed by atoms with van der Waals surface area (Å²) >= 11 is 11.9. The van der Waals surface area contributed by atoms with E-state index >= 15 is 0 Å². The van der Waals surface area contributed by atoms with Gasteiger partial charge in [-0.25, -0.2) is 9.97 Å². The normalized spacial score (nSPS) is 10.7. The molecule has 0 saturated heterocycles. The molecule has 2 N–H and O–H groups in total. The molecule has 0 aliphatic heterocycles. The van der Waals surface area contributed by atoms with Gasteiger partial charge in [0, 0.05) is 18.0 Å². The lowest BCUT2D eigenvalue weighted by Gasteiger charge is -2.04. The standard InChI is InChI=1S/C13H8Cl2N4O/c14-9-2-1-7(3-10(9)15)11-12(19-20-13(11)16)8-4-17-6-18-5-8/h1-6H,16H2. The van der Waals surface area contributed by atoms with Crippen LogP contribution >= 0.6 is 23.2 Å². The Morgan fingerprint density at radius 2 is 1.75 bits per heavy atom. The van der Waals surface area contributed by atoms with Gasteiger partial charge in [0.2, 0.25) is 5.88 Å². The monoisotopic (exact) mass is 306 g/mol. The number of halogens is 2. The Hall–Kier alpha value is -2.11. The van der Waals surface area contributed by atoms with Crippen LogP contribution in [-0.4, -0.2) is 15.1 Å². The molecule has 0 aliphatic carbocycles. The topological polar surface area (TPSA) is 77.8 Å². The van der Waals surface area contributed by atoms with Gasteiger partial charge in [-0.15, -0.1) is 0 Å². The Balaban J connectivity index is 2.19. The van der Waals surface area contributed by atoms with Crippen LogP contribution in [0.1, 0.15) is 0 Å². The lowest BCUT2D eigenvalue weighted by molar-refractivity contribution is 0.439. The number of nitrogens with zero attached hydrogens (tertiary/aromatic N) is 3. The number of anilines is 1. The van der Waals surface area contributed by atoms with Gasteiger partial charge in [-0.05, 0) is 17.7 Å². The van der Waals surface area contributed by atoms with Gasteiger partial charge in [0.25, 0.3) is 0 Å². The van der Waals surface area contributed by atoms with Gasteiger partial charge in [-0.2, -0.15) is 0 Å². The van der Waals surface area contributed by atoms with Gasteiger partial charge >= 0.3 is 0 Å². The predicted octanol–water partition coefficient (Wildman–Crippen LogP) is 3.69. The first kappa shape index (κ1) is 12.9. The Kier molecular flexibility index (Phi) is 3.30. The average Bonchev–Trinajstić information content (AvgIpc) is 2.85. The zero-order valence-electron chi connectivity index (χ0n) is 10.0. The van der Waals surface area contributed by atoms with E-state index < -0.39 is 0 Å². The van der Waals surface area contributed by atoms with Crippen LogP contribution in [0.3, 0.4) is 0 Å². The molecule has 3 rings (SSSR count). The fourth-order valence-corrected chi connectivity index (χ4v) is 2.15. The molecule has 100 valence electrons. The second kappa shape index (κ2) is 5.11. The Morgan fingerprint density at radius 1 is 1.00 bits per heavy atom. The molecule has 0 radical (unpaired) electrons. The van der Waals surface area contributed by atoms with Crippen LogP contribution in [0.25, 0.3) is 22.4 Å². The zero-order valence-corrected chi connectivity index (χ0v) is 11.6. The van der Waals surface area contributed by atoms with Gasteiger partial charge in [-0.1, -0.05) is 34.4 Å². The van der Waals surface area contributed by atoms with Crippen LogP contribution < -0.4 is 5.73 Å². The molecule has 0 fully saturated rings. The van der Waals surface area contributed by atoms with E-state index in [0.717, 1.165) is 5.56 Å². The second-order valence-electron chi connectivity index (χ2n) is 4.03. The Labute approximate surface area is 124 Å². The smallest absolute Gasteiger partial charge is 0.230 e. The number of benzene rings is 1. The van der Waals surface area contributed by atoms with Gasteiger partial charge in [-0.3, -0.25) is 0 Å². The number of nitrogens with two attached hydrogens (primary N) is 1. The maximum absolute atomic E-state index is 6.03. The molecule has 0 saturated carbocycles. The molecule has 0 unspecified atom stereocenters. The van der Waals surface area contributed by atoms with Crippen molar-refractivity contribution in [2.24, 2.45) is 0 Å². The van der Waals surface area contributed by atoms with Crippen LogP contribution in [-0.2, 0) is 0 Å². The molecule has 5 nitrogen and oxygen atoms in total. The maximum atomic E-state index is 6.03. The molecule has 0 aliphatic rings. The molecule has 0 spiro atoms. The van der Waals surface area contributed by atoms with E-state index in [-0.39, 0.29) is 5.88 Å². The largest absolute Gasteiger partial charge is 0.367 e. The molecule has 2 aromatic heterocycles. The summed E-state index contributed by atoms with van der Waals surface area (Å²) in [5.41, 5.74) is 8.51. The molecule has 1 aromatic carbocycles. The summed E-state index contributed by atoms with van der Waals surface area (Å²) in [7, 11) is 0. The van der Waals surface area contributed by atoms with Crippen molar-refractivity contribution in [1.82, 2.24) is 15.1 Å². The highest BCUT2D eigenvalue weighted by atomic mass is 35.5. The summed E-state index contributed by atoms with van der Waals surface area (Å²) in [6, 6.07) is 5.20. The number of hydrogen-bond donors (Lipinski definition) is 1. The fraction of sp³-hybridized carbons (Fsp3) is 0. The SMILES string of the molecule is Nc1onc(-c2cncnc2)c1-c1ccc(Cl)c(Cl)c1. The number of hydrogen-bond acceptors (Lipinski definition) is 5. The van der Waals surface area contributed by atoms with E-state index in [1.54, 1.807) is 30.6 Å². The van der Waals surface area contributed by atoms with E-state index in [0.29, 0.717) is 26.9 Å². The first-order valence-corrected chi connectivity index (χ1v) is 6.38. The molecule has 0 amide bonds. The average molecular weight is 307 g/mol. The van der Waals surface area contributed by atoms with Crippen molar-refractivity contribution in [3.05, 3.63) is 47.0 Å². The third-order valence-corrected chi connectivity index (χ3v) is 3.50. The van der Waals surface area contributed by atoms with Crippen molar-refractivity contribution < 1.29 is 4.52 Å². The third-order valence-electron chi connectivity index (χ3n) is 2.76. The maximum Gasteiger partial charge on any atom is 0.230 e. The van der Waals surface area contributed by atoms with Crippen LogP contribution in [0, 0.1) is 0 Å². The minimum atomic E-state index is 0.197. The summed E-state index contributed by atoms with van der Waals surface area (Å²) in [6.07, 6.45) is 4.70. The molecular formula is C13H8Cl2N4O. The van der Waals surface area contributed by atoms with E-state index in [9.17, 15) is 0 Å². The first-order valence-electron chi connectivity index (χ1n) is 5.63. The zero-order chi connectivity index (χ0) is 14.1. The minimum Gasteiger partial charge on any atom is -0.367 e. The number of nitrogen functional groups attached to an aromatic ring is 1. The van der Waals surface area contributed by atoms with E-state index in [4.69, 9.17) is 33.5 Å². The molecule has 7 heteroatoms. The summed E-state index contributed by atoms with van der Waals surface area (Å²) in [6.45, 7) is 0. The summed E-state index contributed by atoms with van der Waals surface area (Å²) < 4.78 is 5.07. The highest BCUT2D eigenvalue weighted by Gasteiger charge is 2.18. The molecule has 2 heterocycles. The molecular weight excluding hydrogens is 299 g/mol. The van der Waals surface area contributed by atoms with Crippen LogP contribution in [0.4, 0.5) is 5.88 Å².